The van der Waals surface area contributed by atoms with Crippen molar-refractivity contribution >= 4 is 32.5 Å². The van der Waals surface area contributed by atoms with Crippen molar-refractivity contribution < 1.29 is 24.2 Å². The van der Waals surface area contributed by atoms with Crippen LogP contribution in [0.15, 0.2) is 103 Å². The topological polar surface area (TPSA) is 30.7 Å². The van der Waals surface area contributed by atoms with Crippen molar-refractivity contribution in [3.63, 3.8) is 0 Å². The molecule has 0 aliphatic heterocycles. The van der Waals surface area contributed by atoms with E-state index in [-0.39, 0.29) is 25.7 Å². The van der Waals surface area contributed by atoms with Crippen molar-refractivity contribution in [3.05, 3.63) is 137 Å². The second-order valence-corrected chi connectivity index (χ2v) is 12.5. The molecular formula is C40H37IrN3S-2. The van der Waals surface area contributed by atoms with Gasteiger partial charge in [0.25, 0.3) is 0 Å². The number of aromatic nitrogens is 3. The predicted molar refractivity (Wildman–Crippen MR) is 187 cm³/mol. The van der Waals surface area contributed by atoms with Gasteiger partial charge in [0, 0.05) is 36.1 Å². The number of aryl methyl sites for hydroxylation is 2. The van der Waals surface area contributed by atoms with Crippen molar-refractivity contribution in [1.82, 2.24) is 14.5 Å². The summed E-state index contributed by atoms with van der Waals surface area (Å²) in [5.74, 6) is 1.80. The summed E-state index contributed by atoms with van der Waals surface area (Å²) in [7, 11) is 0. The molecule has 0 N–H and O–H groups in total. The molecule has 3 aromatic heterocycles. The van der Waals surface area contributed by atoms with Crippen LogP contribution < -0.4 is 0 Å². The minimum absolute atomic E-state index is 0. The Morgan fingerprint density at radius 2 is 1.56 bits per heavy atom. The van der Waals surface area contributed by atoms with Crippen LogP contribution in [0.5, 0.6) is 0 Å². The van der Waals surface area contributed by atoms with Crippen LogP contribution in [0, 0.1) is 25.2 Å². The molecule has 0 aliphatic rings. The molecule has 7 rings (SSSR count). The van der Waals surface area contributed by atoms with Crippen LogP contribution in [-0.2, 0) is 20.1 Å². The van der Waals surface area contributed by atoms with Gasteiger partial charge < -0.3 is 9.55 Å². The summed E-state index contributed by atoms with van der Waals surface area (Å²) in [5, 5.41) is 4.82. The summed E-state index contributed by atoms with van der Waals surface area (Å²) < 4.78 is 25.3. The maximum absolute atomic E-state index is 7.23. The van der Waals surface area contributed by atoms with E-state index in [9.17, 15) is 0 Å². The molecule has 0 saturated carbocycles. The number of hydrogen-bond acceptors (Lipinski definition) is 3. The normalized spacial score (nSPS) is 12.4. The summed E-state index contributed by atoms with van der Waals surface area (Å²) >= 11 is 1.67. The standard InChI is InChI=1S/C28H27N2S.C12H10N.Ir/c1-17(2)20-9-8-10-21(18(3)4)27(20)30-25-12-7-6-11-24(25)29-28(30)23-16-31-26-14-13-19(5)15-22(23)26;1-10-7-8-12(13-9-10)11-5-3-2-4-6-11;/h6-15,17-18H,1-5H3;2-5,7-9H,1H3;/q2*-1;/i;1D3;. The molecule has 7 aromatic rings. The van der Waals surface area contributed by atoms with E-state index in [1.54, 1.807) is 29.5 Å². The van der Waals surface area contributed by atoms with Crippen LogP contribution in [-0.4, -0.2) is 14.5 Å². The van der Waals surface area contributed by atoms with E-state index in [2.05, 4.69) is 116 Å². The van der Waals surface area contributed by atoms with Gasteiger partial charge in [-0.1, -0.05) is 103 Å². The molecule has 0 fully saturated rings. The second kappa shape index (κ2) is 14.0. The van der Waals surface area contributed by atoms with E-state index in [0.29, 0.717) is 11.8 Å². The van der Waals surface area contributed by atoms with Crippen molar-refractivity contribution in [1.29, 1.82) is 0 Å². The summed E-state index contributed by atoms with van der Waals surface area (Å²) in [6.45, 7) is 9.16. The Kier molecular flexibility index (Phi) is 8.91. The molecule has 0 aliphatic carbocycles. The molecule has 45 heavy (non-hydrogen) atoms. The number of nitrogens with zero attached hydrogens (tertiary/aromatic N) is 3. The van der Waals surface area contributed by atoms with Gasteiger partial charge in [-0.2, -0.15) is 0 Å². The Hall–Kier alpha value is -3.89. The number of thiophene rings is 1. The van der Waals surface area contributed by atoms with Crippen LogP contribution in [0.3, 0.4) is 0 Å². The molecule has 3 nitrogen and oxygen atoms in total. The maximum Gasteiger partial charge on any atom is 0.0774 e. The molecule has 0 unspecified atom stereocenters. The van der Waals surface area contributed by atoms with Gasteiger partial charge in [-0.3, -0.25) is 16.3 Å². The molecule has 0 spiro atoms. The Balaban J connectivity index is 0.000000224. The van der Waals surface area contributed by atoms with E-state index < -0.39 is 6.85 Å². The number of imidazole rings is 1. The third kappa shape index (κ3) is 6.72. The summed E-state index contributed by atoms with van der Waals surface area (Å²) in [4.78, 5) is 9.27. The average molecular weight is 787 g/mol. The van der Waals surface area contributed by atoms with Crippen LogP contribution in [0.4, 0.5) is 0 Å². The van der Waals surface area contributed by atoms with Gasteiger partial charge in [-0.05, 0) is 60.1 Å². The minimum atomic E-state index is -2.09. The smallest absolute Gasteiger partial charge is 0.0774 e. The van der Waals surface area contributed by atoms with Crippen LogP contribution >= 0.6 is 11.3 Å². The Morgan fingerprint density at radius 3 is 2.22 bits per heavy atom. The quantitative estimate of drug-likeness (QED) is 0.163. The first-order chi connectivity index (χ1) is 22.5. The third-order valence-corrected chi connectivity index (χ3v) is 8.65. The fourth-order valence-electron chi connectivity index (χ4n) is 5.55. The number of benzene rings is 4. The molecule has 0 amide bonds. The summed E-state index contributed by atoms with van der Waals surface area (Å²) in [6.07, 6.45) is 1.39. The zero-order valence-electron chi connectivity index (χ0n) is 29.1. The van der Waals surface area contributed by atoms with Gasteiger partial charge in [0.15, 0.2) is 0 Å². The molecule has 0 bridgehead atoms. The molecule has 1 radical (unpaired) electrons. The van der Waals surface area contributed by atoms with Crippen molar-refractivity contribution in [2.75, 3.05) is 0 Å². The molecule has 229 valence electrons. The monoisotopic (exact) mass is 787 g/mol. The van der Waals surface area contributed by atoms with E-state index >= 15 is 0 Å². The first-order valence-electron chi connectivity index (χ1n) is 16.5. The Morgan fingerprint density at radius 1 is 0.822 bits per heavy atom. The van der Waals surface area contributed by atoms with Crippen molar-refractivity contribution in [2.45, 2.75) is 53.3 Å². The minimum Gasteiger partial charge on any atom is -0.333 e. The average Bonchev–Trinajstić information content (AvgIpc) is 3.65. The van der Waals surface area contributed by atoms with Crippen molar-refractivity contribution in [3.8, 4) is 28.3 Å². The largest absolute Gasteiger partial charge is 0.333 e. The molecular weight excluding hydrogens is 747 g/mol. The van der Waals surface area contributed by atoms with Gasteiger partial charge in [0.05, 0.1) is 16.9 Å². The third-order valence-electron chi connectivity index (χ3n) is 7.77. The van der Waals surface area contributed by atoms with Crippen LogP contribution in [0.1, 0.15) is 65.9 Å². The fourth-order valence-corrected chi connectivity index (χ4v) is 6.37. The van der Waals surface area contributed by atoms with E-state index in [0.717, 1.165) is 33.7 Å². The zero-order chi connectivity index (χ0) is 33.3. The van der Waals surface area contributed by atoms with Crippen LogP contribution in [0.25, 0.3) is 49.5 Å². The van der Waals surface area contributed by atoms with Gasteiger partial charge in [-0.25, -0.2) is 0 Å². The fraction of sp³-hybridized carbons (Fsp3) is 0.200. The number of para-hydroxylation sites is 3. The summed E-state index contributed by atoms with van der Waals surface area (Å²) in [6, 6.07) is 35.6. The van der Waals surface area contributed by atoms with Crippen LogP contribution in [0.2, 0.25) is 0 Å². The van der Waals surface area contributed by atoms with E-state index in [4.69, 9.17) is 9.10 Å². The second-order valence-electron chi connectivity index (χ2n) is 11.6. The Bertz CT molecular complexity index is 2120. The molecule has 0 saturated heterocycles. The van der Waals surface area contributed by atoms with E-state index in [1.807, 2.05) is 18.2 Å². The molecule has 5 heteroatoms. The first-order valence-corrected chi connectivity index (χ1v) is 15.8. The number of fused-ring (bicyclic) bond motifs is 2. The van der Waals surface area contributed by atoms with Gasteiger partial charge in [-0.15, -0.1) is 47.3 Å². The number of pyridine rings is 1. The molecule has 3 heterocycles. The van der Waals surface area contributed by atoms with Gasteiger partial charge >= 0.3 is 0 Å². The number of hydrogen-bond donors (Lipinski definition) is 0. The number of rotatable bonds is 5. The summed E-state index contributed by atoms with van der Waals surface area (Å²) in [5.41, 5.74) is 10.3. The van der Waals surface area contributed by atoms with Gasteiger partial charge in [0.2, 0.25) is 0 Å². The zero-order valence-corrected chi connectivity index (χ0v) is 29.3. The SMILES string of the molecule is Cc1ccc2s[c-]c(-c3nc4ccccc4n3-c3c(C(C)C)cccc3C(C)C)c2c1.[2H]C([2H])([2H])c1ccc(-c2[c-]cccc2)nc1.[Ir]. The first kappa shape index (κ1) is 28.6. The molecule has 0 atom stereocenters. The molecule has 4 aromatic carbocycles. The van der Waals surface area contributed by atoms with Crippen molar-refractivity contribution in [2.24, 2.45) is 0 Å². The predicted octanol–water partition coefficient (Wildman–Crippen LogP) is 11.1. The maximum atomic E-state index is 7.23. The Labute approximate surface area is 288 Å². The van der Waals surface area contributed by atoms with E-state index in [1.165, 1.54) is 38.7 Å². The van der Waals surface area contributed by atoms with Gasteiger partial charge in [0.1, 0.15) is 0 Å².